The van der Waals surface area contributed by atoms with Crippen LogP contribution >= 0.6 is 0 Å². The molecule has 0 aliphatic heterocycles. The van der Waals surface area contributed by atoms with Crippen molar-refractivity contribution in [1.29, 1.82) is 0 Å². The zero-order valence-electron chi connectivity index (χ0n) is 12.6. The second-order valence-electron chi connectivity index (χ2n) is 4.69. The summed E-state index contributed by atoms with van der Waals surface area (Å²) >= 11 is 0. The van der Waals surface area contributed by atoms with E-state index in [1.807, 2.05) is 0 Å². The number of aryl methyl sites for hydroxylation is 1. The predicted molar refractivity (Wildman–Crippen MR) is 75.9 cm³/mol. The number of benzene rings is 1. The zero-order valence-corrected chi connectivity index (χ0v) is 13.4. The van der Waals surface area contributed by atoms with Gasteiger partial charge in [-0.2, -0.15) is 0 Å². The van der Waals surface area contributed by atoms with Crippen LogP contribution in [0.3, 0.4) is 0 Å². The highest BCUT2D eigenvalue weighted by Gasteiger charge is 2.23. The van der Waals surface area contributed by atoms with E-state index in [9.17, 15) is 13.2 Å². The SMILES string of the molecule is CON(C)C(=O)c1cc(C)c(C)c(S(=O)(=O)N(C)C)c1. The van der Waals surface area contributed by atoms with Crippen LogP contribution in [0.5, 0.6) is 0 Å². The highest BCUT2D eigenvalue weighted by molar-refractivity contribution is 7.89. The van der Waals surface area contributed by atoms with Gasteiger partial charge in [0.05, 0.1) is 12.0 Å². The first kappa shape index (κ1) is 16.6. The molecule has 0 N–H and O–H groups in total. The zero-order chi connectivity index (χ0) is 15.7. The normalized spacial score (nSPS) is 11.8. The second-order valence-corrected chi connectivity index (χ2v) is 6.81. The number of sulfonamides is 1. The number of amides is 1. The number of carbonyl (C=O) groups is 1. The molecule has 0 spiro atoms. The summed E-state index contributed by atoms with van der Waals surface area (Å²) in [5.41, 5.74) is 1.65. The third-order valence-electron chi connectivity index (χ3n) is 3.19. The summed E-state index contributed by atoms with van der Waals surface area (Å²) in [6.45, 7) is 3.49. The summed E-state index contributed by atoms with van der Waals surface area (Å²) in [6, 6.07) is 3.04. The molecule has 0 unspecified atom stereocenters. The molecule has 1 aromatic rings. The molecule has 7 heteroatoms. The van der Waals surface area contributed by atoms with Gasteiger partial charge in [-0.1, -0.05) is 0 Å². The fraction of sp³-hybridized carbons (Fsp3) is 0.462. The number of nitrogens with zero attached hydrogens (tertiary/aromatic N) is 2. The third-order valence-corrected chi connectivity index (χ3v) is 5.13. The van der Waals surface area contributed by atoms with Gasteiger partial charge >= 0.3 is 0 Å². The first-order valence-electron chi connectivity index (χ1n) is 5.98. The number of hydrogen-bond acceptors (Lipinski definition) is 4. The molecule has 0 bridgehead atoms. The standard InChI is InChI=1S/C13H20N2O4S/c1-9-7-11(13(16)15(5)19-6)8-12(10(9)2)20(17,18)14(3)4/h7-8H,1-6H3. The highest BCUT2D eigenvalue weighted by atomic mass is 32.2. The van der Waals surface area contributed by atoms with Gasteiger partial charge in [-0.05, 0) is 37.1 Å². The van der Waals surface area contributed by atoms with Gasteiger partial charge in [-0.15, -0.1) is 0 Å². The van der Waals surface area contributed by atoms with Crippen LogP contribution in [0.15, 0.2) is 17.0 Å². The van der Waals surface area contributed by atoms with Crippen molar-refractivity contribution < 1.29 is 18.0 Å². The van der Waals surface area contributed by atoms with Crippen LogP contribution in [-0.4, -0.2) is 51.9 Å². The van der Waals surface area contributed by atoms with E-state index in [0.29, 0.717) is 5.56 Å². The van der Waals surface area contributed by atoms with E-state index in [0.717, 1.165) is 14.9 Å². The van der Waals surface area contributed by atoms with Crippen molar-refractivity contribution in [3.05, 3.63) is 28.8 Å². The van der Waals surface area contributed by atoms with Gasteiger partial charge in [0.2, 0.25) is 10.0 Å². The minimum atomic E-state index is -3.60. The molecule has 0 aromatic heterocycles. The van der Waals surface area contributed by atoms with Crippen molar-refractivity contribution in [2.75, 3.05) is 28.3 Å². The van der Waals surface area contributed by atoms with Crippen LogP contribution < -0.4 is 0 Å². The first-order chi connectivity index (χ1) is 9.12. The van der Waals surface area contributed by atoms with Crippen LogP contribution in [0, 0.1) is 13.8 Å². The molecule has 0 aliphatic carbocycles. The summed E-state index contributed by atoms with van der Waals surface area (Å²) in [5.74, 6) is -0.397. The Kier molecular flexibility index (Phi) is 4.90. The molecule has 0 saturated carbocycles. The van der Waals surface area contributed by atoms with Gasteiger partial charge in [0.25, 0.3) is 5.91 Å². The van der Waals surface area contributed by atoms with Crippen molar-refractivity contribution in [1.82, 2.24) is 9.37 Å². The van der Waals surface area contributed by atoms with Crippen LogP contribution in [0.1, 0.15) is 21.5 Å². The monoisotopic (exact) mass is 300 g/mol. The number of rotatable bonds is 4. The lowest BCUT2D eigenvalue weighted by Gasteiger charge is -2.18. The van der Waals surface area contributed by atoms with Crippen molar-refractivity contribution in [2.24, 2.45) is 0 Å². The van der Waals surface area contributed by atoms with Gasteiger partial charge in [-0.3, -0.25) is 9.63 Å². The van der Waals surface area contributed by atoms with Crippen LogP contribution in [0.4, 0.5) is 0 Å². The summed E-state index contributed by atoms with van der Waals surface area (Å²) < 4.78 is 25.7. The van der Waals surface area contributed by atoms with Gasteiger partial charge < -0.3 is 0 Å². The van der Waals surface area contributed by atoms with E-state index in [1.165, 1.54) is 34.3 Å². The Hall–Kier alpha value is -1.44. The van der Waals surface area contributed by atoms with Gasteiger partial charge in [-0.25, -0.2) is 17.8 Å². The van der Waals surface area contributed by atoms with Crippen LogP contribution in [0.2, 0.25) is 0 Å². The molecule has 0 heterocycles. The van der Waals surface area contributed by atoms with Crippen molar-refractivity contribution >= 4 is 15.9 Å². The molecule has 0 fully saturated rings. The van der Waals surface area contributed by atoms with Crippen molar-refractivity contribution in [2.45, 2.75) is 18.7 Å². The van der Waals surface area contributed by atoms with E-state index in [2.05, 4.69) is 0 Å². The topological polar surface area (TPSA) is 66.9 Å². The number of hydrogen-bond donors (Lipinski definition) is 0. The van der Waals surface area contributed by atoms with Crippen LogP contribution in [-0.2, 0) is 14.9 Å². The van der Waals surface area contributed by atoms with Gasteiger partial charge in [0.15, 0.2) is 0 Å². The van der Waals surface area contributed by atoms with E-state index in [-0.39, 0.29) is 10.5 Å². The molecular weight excluding hydrogens is 280 g/mol. The molecular formula is C13H20N2O4S. The lowest BCUT2D eigenvalue weighted by atomic mass is 10.1. The Morgan fingerprint density at radius 3 is 2.15 bits per heavy atom. The van der Waals surface area contributed by atoms with Gasteiger partial charge in [0.1, 0.15) is 0 Å². The molecule has 1 rings (SSSR count). The molecule has 1 amide bonds. The van der Waals surface area contributed by atoms with Gasteiger partial charge in [0, 0.05) is 26.7 Å². The minimum absolute atomic E-state index is 0.135. The van der Waals surface area contributed by atoms with E-state index < -0.39 is 15.9 Å². The highest BCUT2D eigenvalue weighted by Crippen LogP contribution is 2.23. The number of hydroxylamine groups is 2. The summed E-state index contributed by atoms with van der Waals surface area (Å²) in [5, 5.41) is 1.05. The Balaban J connectivity index is 3.50. The maximum Gasteiger partial charge on any atom is 0.277 e. The fourth-order valence-corrected chi connectivity index (χ4v) is 2.90. The Morgan fingerprint density at radius 1 is 1.15 bits per heavy atom. The Labute approximate surface area is 119 Å². The average molecular weight is 300 g/mol. The second kappa shape index (κ2) is 5.90. The smallest absolute Gasteiger partial charge is 0.274 e. The summed E-state index contributed by atoms with van der Waals surface area (Å²) in [7, 11) is 2.16. The summed E-state index contributed by atoms with van der Waals surface area (Å²) in [6.07, 6.45) is 0. The lowest BCUT2D eigenvalue weighted by molar-refractivity contribution is -0.0757. The molecule has 0 aliphatic rings. The predicted octanol–water partition coefficient (Wildman–Crippen LogP) is 1.19. The molecule has 20 heavy (non-hydrogen) atoms. The first-order valence-corrected chi connectivity index (χ1v) is 7.42. The Morgan fingerprint density at radius 2 is 1.70 bits per heavy atom. The Bertz CT molecular complexity index is 624. The molecule has 112 valence electrons. The van der Waals surface area contributed by atoms with E-state index in [4.69, 9.17) is 4.84 Å². The maximum absolute atomic E-state index is 12.3. The minimum Gasteiger partial charge on any atom is -0.274 e. The van der Waals surface area contributed by atoms with E-state index in [1.54, 1.807) is 19.9 Å². The largest absolute Gasteiger partial charge is 0.277 e. The third kappa shape index (κ3) is 3.00. The summed E-state index contributed by atoms with van der Waals surface area (Å²) in [4.78, 5) is 17.0. The van der Waals surface area contributed by atoms with Crippen molar-refractivity contribution in [3.63, 3.8) is 0 Å². The van der Waals surface area contributed by atoms with E-state index >= 15 is 0 Å². The molecule has 0 atom stereocenters. The lowest BCUT2D eigenvalue weighted by Crippen LogP contribution is -2.27. The average Bonchev–Trinajstić information content (AvgIpc) is 2.39. The molecule has 1 aromatic carbocycles. The molecule has 0 saturated heterocycles. The number of carbonyl (C=O) groups excluding carboxylic acids is 1. The molecule has 6 nitrogen and oxygen atoms in total. The van der Waals surface area contributed by atoms with Crippen molar-refractivity contribution in [3.8, 4) is 0 Å². The maximum atomic E-state index is 12.3. The molecule has 0 radical (unpaired) electrons. The van der Waals surface area contributed by atoms with Crippen LogP contribution in [0.25, 0.3) is 0 Å². The fourth-order valence-electron chi connectivity index (χ4n) is 1.68. The quantitative estimate of drug-likeness (QED) is 0.783.